The lowest BCUT2D eigenvalue weighted by Gasteiger charge is -2.45. The molecule has 1 amide bonds. The number of primary amides is 1. The van der Waals surface area contributed by atoms with Gasteiger partial charge in [-0.05, 0) is 71.3 Å². The van der Waals surface area contributed by atoms with Crippen LogP contribution in [-0.4, -0.2) is 52.6 Å². The number of hydrogen-bond acceptors (Lipinski definition) is 9. The van der Waals surface area contributed by atoms with Gasteiger partial charge in [-0.3, -0.25) is 10.1 Å². The minimum Gasteiger partial charge on any atom is -0.444 e. The van der Waals surface area contributed by atoms with E-state index in [9.17, 15) is 13.2 Å². The van der Waals surface area contributed by atoms with Crippen LogP contribution in [0.5, 0.6) is 0 Å². The summed E-state index contributed by atoms with van der Waals surface area (Å²) in [6.07, 6.45) is 6.82. The maximum atomic E-state index is 12.0. The zero-order valence-corrected chi connectivity index (χ0v) is 22.6. The van der Waals surface area contributed by atoms with Crippen molar-refractivity contribution >= 4 is 44.3 Å². The lowest BCUT2D eigenvalue weighted by atomic mass is 9.63. The molecule has 200 valence electrons. The molecule has 0 saturated heterocycles. The lowest BCUT2D eigenvalue weighted by Crippen LogP contribution is -2.40. The number of anilines is 3. The first-order valence-electron chi connectivity index (χ1n) is 12.3. The number of nitrogens with zero attached hydrogens (tertiary/aromatic N) is 3. The number of carbonyl (C=O) groups is 1. The summed E-state index contributed by atoms with van der Waals surface area (Å²) in [6, 6.07) is 5.73. The van der Waals surface area contributed by atoms with Crippen LogP contribution in [0.2, 0.25) is 0 Å². The molecule has 3 saturated carbocycles. The number of rotatable bonds is 5. The van der Waals surface area contributed by atoms with E-state index in [2.05, 4.69) is 30.6 Å². The van der Waals surface area contributed by atoms with E-state index in [4.69, 9.17) is 10.7 Å². The smallest absolute Gasteiger partial charge is 0.405 e. The predicted molar refractivity (Wildman–Crippen MR) is 143 cm³/mol. The zero-order valence-electron chi connectivity index (χ0n) is 21.8. The van der Waals surface area contributed by atoms with Crippen molar-refractivity contribution < 1.29 is 17.9 Å². The Morgan fingerprint density at radius 2 is 1.78 bits per heavy atom. The second kappa shape index (κ2) is 10.2. The van der Waals surface area contributed by atoms with E-state index in [-0.39, 0.29) is 4.90 Å². The van der Waals surface area contributed by atoms with Crippen molar-refractivity contribution in [3.05, 3.63) is 30.1 Å². The molecule has 3 heterocycles. The third-order valence-corrected chi connectivity index (χ3v) is 7.44. The number of aromatic amines is 1. The maximum absolute atomic E-state index is 12.0. The number of fused-ring (bicyclic) bond motifs is 3. The number of sulfone groups is 1. The number of aryl methyl sites for hydroxylation is 1. The highest BCUT2D eigenvalue weighted by Crippen LogP contribution is 2.46. The van der Waals surface area contributed by atoms with E-state index >= 15 is 0 Å². The first-order chi connectivity index (χ1) is 17.2. The molecule has 12 heteroatoms. The van der Waals surface area contributed by atoms with Crippen molar-refractivity contribution in [3.63, 3.8) is 0 Å². The van der Waals surface area contributed by atoms with Crippen molar-refractivity contribution in [1.29, 1.82) is 0 Å². The van der Waals surface area contributed by atoms with E-state index in [0.29, 0.717) is 29.0 Å². The van der Waals surface area contributed by atoms with Crippen LogP contribution in [0.4, 0.5) is 22.2 Å². The Bertz CT molecular complexity index is 1380. The zero-order chi connectivity index (χ0) is 27.0. The Hall–Kier alpha value is -3.41. The topological polar surface area (TPSA) is 165 Å². The fraction of sp³-hybridized carbons (Fsp3) is 0.520. The molecule has 3 aromatic rings. The minimum atomic E-state index is -3.35. The summed E-state index contributed by atoms with van der Waals surface area (Å²) >= 11 is 0. The largest absolute Gasteiger partial charge is 0.444 e. The molecule has 5 N–H and O–H groups in total. The summed E-state index contributed by atoms with van der Waals surface area (Å²) in [5.41, 5.74) is 5.90. The number of nitrogens with one attached hydrogen (secondary N) is 3. The molecule has 2 bridgehead atoms. The molecule has 11 nitrogen and oxygen atoms in total. The molecule has 0 radical (unpaired) electrons. The first kappa shape index (κ1) is 26.6. The fourth-order valence-electron chi connectivity index (χ4n) is 4.87. The Morgan fingerprint density at radius 3 is 2.30 bits per heavy atom. The van der Waals surface area contributed by atoms with Crippen LogP contribution < -0.4 is 16.4 Å². The van der Waals surface area contributed by atoms with Gasteiger partial charge in [0.05, 0.1) is 10.4 Å². The summed E-state index contributed by atoms with van der Waals surface area (Å²) in [4.78, 5) is 19.4. The van der Waals surface area contributed by atoms with E-state index < -0.39 is 21.5 Å². The quantitative estimate of drug-likeness (QED) is 0.377. The first-order valence-corrected chi connectivity index (χ1v) is 14.2. The summed E-state index contributed by atoms with van der Waals surface area (Å²) in [5.74, 6) is 3.56. The number of aromatic nitrogens is 4. The Labute approximate surface area is 216 Å². The highest BCUT2D eigenvalue weighted by Gasteiger charge is 2.38. The van der Waals surface area contributed by atoms with Gasteiger partial charge < -0.3 is 21.1 Å². The van der Waals surface area contributed by atoms with Crippen molar-refractivity contribution in [2.24, 2.45) is 17.6 Å². The standard InChI is InChI=1S/C20H24N6O2S.C5H11NO2/c1-11-3-19(26-25-11)23-18-9-17-16(8-15(10-21-17)29(2,27)28)20(24-18)22-14-6-12-4-13(5-12)7-14;1-5(2,3)8-4(6)7/h3,8-10,12-14H,4-7H2,1-2H3,(H3,22,23,24,25,26);1-3H3,(H2,6,7). The van der Waals surface area contributed by atoms with Crippen LogP contribution in [-0.2, 0) is 14.6 Å². The minimum absolute atomic E-state index is 0.199. The summed E-state index contributed by atoms with van der Waals surface area (Å²) in [6.45, 7) is 7.22. The van der Waals surface area contributed by atoms with Gasteiger partial charge in [0.2, 0.25) is 0 Å². The molecule has 3 aliphatic rings. The van der Waals surface area contributed by atoms with Gasteiger partial charge in [-0.2, -0.15) is 5.10 Å². The van der Waals surface area contributed by atoms with Gasteiger partial charge in [0, 0.05) is 41.7 Å². The normalized spacial score (nSPS) is 20.8. The van der Waals surface area contributed by atoms with Gasteiger partial charge in [0.15, 0.2) is 15.7 Å². The molecule has 37 heavy (non-hydrogen) atoms. The number of H-pyrrole nitrogens is 1. The van der Waals surface area contributed by atoms with E-state index in [1.165, 1.54) is 25.3 Å². The Balaban J connectivity index is 0.000000349. The van der Waals surface area contributed by atoms with Gasteiger partial charge >= 0.3 is 6.09 Å². The number of pyridine rings is 2. The molecular weight excluding hydrogens is 494 g/mol. The van der Waals surface area contributed by atoms with Crippen LogP contribution in [0, 0.1) is 18.8 Å². The molecule has 3 aromatic heterocycles. The van der Waals surface area contributed by atoms with Gasteiger partial charge in [-0.15, -0.1) is 0 Å². The SMILES string of the molecule is CC(C)(C)OC(N)=O.Cc1cc(Nc2cc3ncc(S(C)(=O)=O)cc3c(NC3CC4CC(C4)C3)n2)n[nH]1. The van der Waals surface area contributed by atoms with Crippen molar-refractivity contribution in [1.82, 2.24) is 20.2 Å². The van der Waals surface area contributed by atoms with Crippen LogP contribution in [0.15, 0.2) is 29.3 Å². The molecule has 0 aromatic carbocycles. The fourth-order valence-corrected chi connectivity index (χ4v) is 5.44. The van der Waals surface area contributed by atoms with E-state index in [0.717, 1.165) is 35.8 Å². The molecule has 0 unspecified atom stereocenters. The molecule has 3 aliphatic carbocycles. The second-order valence-corrected chi connectivity index (χ2v) is 13.0. The molecule has 0 aliphatic heterocycles. The average Bonchev–Trinajstić information content (AvgIpc) is 3.15. The third kappa shape index (κ3) is 7.09. The summed E-state index contributed by atoms with van der Waals surface area (Å²) in [7, 11) is -3.35. The number of hydrogen-bond donors (Lipinski definition) is 4. The van der Waals surface area contributed by atoms with Crippen LogP contribution >= 0.6 is 0 Å². The van der Waals surface area contributed by atoms with Crippen molar-refractivity contribution in [2.75, 3.05) is 16.9 Å². The monoisotopic (exact) mass is 529 g/mol. The van der Waals surface area contributed by atoms with Crippen LogP contribution in [0.25, 0.3) is 10.9 Å². The van der Waals surface area contributed by atoms with Crippen LogP contribution in [0.3, 0.4) is 0 Å². The van der Waals surface area contributed by atoms with Crippen molar-refractivity contribution in [3.8, 4) is 0 Å². The number of nitrogens with two attached hydrogens (primary N) is 1. The molecule has 0 atom stereocenters. The number of carbonyl (C=O) groups excluding carboxylic acids is 1. The lowest BCUT2D eigenvalue weighted by molar-refractivity contribution is 0.0600. The maximum Gasteiger partial charge on any atom is 0.405 e. The summed E-state index contributed by atoms with van der Waals surface area (Å²) < 4.78 is 28.6. The Morgan fingerprint density at radius 1 is 1.11 bits per heavy atom. The molecule has 6 rings (SSSR count). The highest BCUT2D eigenvalue weighted by atomic mass is 32.2. The van der Waals surface area contributed by atoms with Gasteiger partial charge in [0.1, 0.15) is 17.2 Å². The third-order valence-electron chi connectivity index (χ3n) is 6.36. The van der Waals surface area contributed by atoms with Gasteiger partial charge in [-0.25, -0.2) is 18.2 Å². The van der Waals surface area contributed by atoms with Crippen molar-refractivity contribution in [2.45, 2.75) is 69.9 Å². The van der Waals surface area contributed by atoms with E-state index in [1.54, 1.807) is 26.8 Å². The highest BCUT2D eigenvalue weighted by molar-refractivity contribution is 7.90. The van der Waals surface area contributed by atoms with E-state index in [1.807, 2.05) is 19.1 Å². The van der Waals surface area contributed by atoms with Crippen LogP contribution in [0.1, 0.15) is 52.1 Å². The van der Waals surface area contributed by atoms with Gasteiger partial charge in [-0.1, -0.05) is 0 Å². The molecular formula is C25H35N7O4S. The Kier molecular flexibility index (Phi) is 7.31. The summed E-state index contributed by atoms with van der Waals surface area (Å²) in [5, 5.41) is 14.6. The number of ether oxygens (including phenoxy) is 1. The predicted octanol–water partition coefficient (Wildman–Crippen LogP) is 4.29. The number of amides is 1. The average molecular weight is 530 g/mol. The second-order valence-electron chi connectivity index (χ2n) is 11.0. The van der Waals surface area contributed by atoms with Gasteiger partial charge in [0.25, 0.3) is 0 Å². The molecule has 0 spiro atoms. The molecule has 3 fully saturated rings.